The highest BCUT2D eigenvalue weighted by molar-refractivity contribution is 5.59. The average Bonchev–Trinajstić information content (AvgIpc) is 2.22. The molecule has 0 saturated carbocycles. The zero-order valence-corrected chi connectivity index (χ0v) is 9.23. The molecule has 1 atom stereocenters. The van der Waals surface area contributed by atoms with Gasteiger partial charge in [0, 0.05) is 23.7 Å². The monoisotopic (exact) mass is 225 g/mol. The van der Waals surface area contributed by atoms with Crippen molar-refractivity contribution in [2.24, 2.45) is 11.5 Å². The molecule has 0 bridgehead atoms. The number of aromatic hydroxyl groups is 1. The topological polar surface area (TPSA) is 115 Å². The number of aryl methyl sites for hydroxylation is 1. The summed E-state index contributed by atoms with van der Waals surface area (Å²) in [6.45, 7) is 3.44. The van der Waals surface area contributed by atoms with Gasteiger partial charge in [-0.3, -0.25) is 10.1 Å². The molecule has 5 N–H and O–H groups in total. The number of nitro groups is 1. The van der Waals surface area contributed by atoms with Crippen molar-refractivity contribution in [1.29, 1.82) is 0 Å². The van der Waals surface area contributed by atoms with Gasteiger partial charge in [0.15, 0.2) is 5.75 Å². The van der Waals surface area contributed by atoms with Crippen LogP contribution in [-0.2, 0) is 0 Å². The average molecular weight is 225 g/mol. The van der Waals surface area contributed by atoms with Crippen molar-refractivity contribution in [3.63, 3.8) is 0 Å². The minimum absolute atomic E-state index is 0.118. The number of hydrogen-bond acceptors (Lipinski definition) is 5. The lowest BCUT2D eigenvalue weighted by atomic mass is 9.98. The van der Waals surface area contributed by atoms with Gasteiger partial charge < -0.3 is 16.6 Å². The summed E-state index contributed by atoms with van der Waals surface area (Å²) in [5.41, 5.74) is 12.2. The van der Waals surface area contributed by atoms with E-state index in [0.717, 1.165) is 0 Å². The van der Waals surface area contributed by atoms with Gasteiger partial charge in [-0.05, 0) is 25.5 Å². The summed E-state index contributed by atoms with van der Waals surface area (Å²) >= 11 is 0. The Labute approximate surface area is 93.0 Å². The lowest BCUT2D eigenvalue weighted by Gasteiger charge is -2.14. The third-order valence-corrected chi connectivity index (χ3v) is 2.65. The fourth-order valence-corrected chi connectivity index (χ4v) is 1.54. The quantitative estimate of drug-likeness (QED) is 0.521. The second-order valence-electron chi connectivity index (χ2n) is 3.70. The van der Waals surface area contributed by atoms with Gasteiger partial charge in [0.25, 0.3) is 0 Å². The molecule has 16 heavy (non-hydrogen) atoms. The molecular weight excluding hydrogens is 210 g/mol. The number of hydrogen-bond donors (Lipinski definition) is 3. The van der Waals surface area contributed by atoms with Crippen LogP contribution in [-0.4, -0.2) is 16.6 Å². The minimum atomic E-state index is -0.607. The van der Waals surface area contributed by atoms with Crippen molar-refractivity contribution in [2.75, 3.05) is 6.54 Å². The van der Waals surface area contributed by atoms with E-state index in [9.17, 15) is 15.2 Å². The van der Waals surface area contributed by atoms with Crippen molar-refractivity contribution in [2.45, 2.75) is 19.9 Å². The zero-order valence-electron chi connectivity index (χ0n) is 9.23. The van der Waals surface area contributed by atoms with Gasteiger partial charge in [0.05, 0.1) is 4.92 Å². The Morgan fingerprint density at radius 2 is 2.12 bits per heavy atom. The Balaban J connectivity index is 3.50. The van der Waals surface area contributed by atoms with Crippen LogP contribution in [0.4, 0.5) is 5.69 Å². The Kier molecular flexibility index (Phi) is 3.46. The smallest absolute Gasteiger partial charge is 0.314 e. The van der Waals surface area contributed by atoms with Gasteiger partial charge in [-0.1, -0.05) is 0 Å². The molecule has 0 spiro atoms. The molecule has 0 aliphatic carbocycles. The molecule has 0 saturated heterocycles. The molecule has 0 amide bonds. The third-order valence-electron chi connectivity index (χ3n) is 2.65. The van der Waals surface area contributed by atoms with E-state index >= 15 is 0 Å². The first-order valence-corrected chi connectivity index (χ1v) is 4.83. The van der Waals surface area contributed by atoms with Crippen molar-refractivity contribution in [1.82, 2.24) is 0 Å². The van der Waals surface area contributed by atoms with Gasteiger partial charge in [-0.25, -0.2) is 0 Å². The highest BCUT2D eigenvalue weighted by atomic mass is 16.6. The van der Waals surface area contributed by atoms with Crippen LogP contribution in [0.1, 0.15) is 22.7 Å². The molecular formula is C10H15N3O3. The number of nitro benzene ring substituents is 1. The number of nitrogens with two attached hydrogens (primary N) is 2. The Bertz CT molecular complexity index is 432. The molecule has 0 unspecified atom stereocenters. The van der Waals surface area contributed by atoms with Crippen LogP contribution < -0.4 is 11.5 Å². The van der Waals surface area contributed by atoms with Crippen LogP contribution in [0, 0.1) is 24.0 Å². The number of rotatable bonds is 3. The fraction of sp³-hybridized carbons (Fsp3) is 0.400. The number of phenolic OH excluding ortho intramolecular Hbond substituents is 1. The van der Waals surface area contributed by atoms with Crippen molar-refractivity contribution < 1.29 is 10.0 Å². The van der Waals surface area contributed by atoms with Crippen LogP contribution in [0.2, 0.25) is 0 Å². The summed E-state index contributed by atoms with van der Waals surface area (Å²) in [5, 5.41) is 20.6. The second kappa shape index (κ2) is 4.46. The SMILES string of the molecule is Cc1cc([C@@H](N)CN)c(O)c([N+](=O)[O-])c1C. The van der Waals surface area contributed by atoms with E-state index in [4.69, 9.17) is 11.5 Å². The number of nitrogens with zero attached hydrogens (tertiary/aromatic N) is 1. The van der Waals surface area contributed by atoms with Crippen LogP contribution in [0.3, 0.4) is 0 Å². The molecule has 0 aromatic heterocycles. The first kappa shape index (κ1) is 12.4. The highest BCUT2D eigenvalue weighted by Crippen LogP contribution is 2.37. The minimum Gasteiger partial charge on any atom is -0.502 e. The number of phenols is 1. The van der Waals surface area contributed by atoms with E-state index < -0.39 is 11.0 Å². The maximum Gasteiger partial charge on any atom is 0.314 e. The summed E-state index contributed by atoms with van der Waals surface area (Å²) in [6.07, 6.45) is 0. The van der Waals surface area contributed by atoms with E-state index in [-0.39, 0.29) is 18.0 Å². The maximum absolute atomic E-state index is 10.8. The molecule has 1 aromatic carbocycles. The Hall–Kier alpha value is -1.66. The second-order valence-corrected chi connectivity index (χ2v) is 3.70. The van der Waals surface area contributed by atoms with Crippen molar-refractivity contribution in [3.05, 3.63) is 32.9 Å². The molecule has 0 aliphatic heterocycles. The maximum atomic E-state index is 10.8. The molecule has 0 heterocycles. The van der Waals surface area contributed by atoms with E-state index in [1.807, 2.05) is 0 Å². The summed E-state index contributed by atoms with van der Waals surface area (Å²) in [7, 11) is 0. The standard InChI is InChI=1S/C10H15N3O3/c1-5-3-7(8(12)4-11)10(14)9(6(5)2)13(15)16/h3,8,14H,4,11-12H2,1-2H3/t8-/m0/s1. The van der Waals surface area contributed by atoms with Gasteiger partial charge >= 0.3 is 5.69 Å². The Morgan fingerprint density at radius 1 is 1.56 bits per heavy atom. The van der Waals surface area contributed by atoms with Gasteiger partial charge in [0.2, 0.25) is 0 Å². The highest BCUT2D eigenvalue weighted by Gasteiger charge is 2.24. The fourth-order valence-electron chi connectivity index (χ4n) is 1.54. The largest absolute Gasteiger partial charge is 0.502 e. The third kappa shape index (κ3) is 1.98. The summed E-state index contributed by atoms with van der Waals surface area (Å²) in [6, 6.07) is 1.04. The molecule has 1 rings (SSSR count). The summed E-state index contributed by atoms with van der Waals surface area (Å²) < 4.78 is 0. The van der Waals surface area contributed by atoms with Crippen LogP contribution >= 0.6 is 0 Å². The molecule has 0 radical (unpaired) electrons. The Morgan fingerprint density at radius 3 is 2.56 bits per heavy atom. The van der Waals surface area contributed by atoms with Crippen LogP contribution in [0.25, 0.3) is 0 Å². The van der Waals surface area contributed by atoms with Crippen LogP contribution in [0.5, 0.6) is 5.75 Å². The first-order chi connectivity index (χ1) is 7.40. The van der Waals surface area contributed by atoms with Gasteiger partial charge in [-0.15, -0.1) is 0 Å². The van der Waals surface area contributed by atoms with E-state index in [1.54, 1.807) is 19.9 Å². The molecule has 1 aromatic rings. The first-order valence-electron chi connectivity index (χ1n) is 4.83. The normalized spacial score (nSPS) is 12.5. The molecule has 6 heteroatoms. The van der Waals surface area contributed by atoms with E-state index in [2.05, 4.69) is 0 Å². The molecule has 6 nitrogen and oxygen atoms in total. The summed E-state index contributed by atoms with van der Waals surface area (Å²) in [4.78, 5) is 10.2. The lowest BCUT2D eigenvalue weighted by Crippen LogP contribution is -2.21. The number of benzene rings is 1. The predicted octanol–water partition coefficient (Wildman–Crippen LogP) is 0.876. The molecule has 0 fully saturated rings. The van der Waals surface area contributed by atoms with E-state index in [1.165, 1.54) is 0 Å². The lowest BCUT2D eigenvalue weighted by molar-refractivity contribution is -0.386. The molecule has 88 valence electrons. The van der Waals surface area contributed by atoms with Gasteiger partial charge in [0.1, 0.15) is 0 Å². The van der Waals surface area contributed by atoms with Crippen molar-refractivity contribution in [3.8, 4) is 5.75 Å². The van der Waals surface area contributed by atoms with Crippen molar-refractivity contribution >= 4 is 5.69 Å². The van der Waals surface area contributed by atoms with Gasteiger partial charge in [-0.2, -0.15) is 0 Å². The predicted molar refractivity (Wildman–Crippen MR) is 60.2 cm³/mol. The summed E-state index contributed by atoms with van der Waals surface area (Å²) in [5.74, 6) is -0.383. The molecule has 0 aliphatic rings. The zero-order chi connectivity index (χ0) is 12.5. The van der Waals surface area contributed by atoms with E-state index in [0.29, 0.717) is 16.7 Å². The van der Waals surface area contributed by atoms with Crippen LogP contribution in [0.15, 0.2) is 6.07 Å².